The third kappa shape index (κ3) is 4.64. The van der Waals surface area contributed by atoms with E-state index in [0.29, 0.717) is 32.1 Å². The zero-order valence-corrected chi connectivity index (χ0v) is 23.9. The predicted octanol–water partition coefficient (Wildman–Crippen LogP) is 3.89. The topological polar surface area (TPSA) is 105 Å². The van der Waals surface area contributed by atoms with Crippen molar-refractivity contribution in [3.63, 3.8) is 0 Å². The number of rotatable bonds is 6. The van der Waals surface area contributed by atoms with E-state index in [1.807, 2.05) is 45.0 Å². The molecule has 1 aromatic carbocycles. The quantitative estimate of drug-likeness (QED) is 0.332. The van der Waals surface area contributed by atoms with Gasteiger partial charge in [-0.05, 0) is 88.7 Å². The minimum Gasteiger partial charge on any atom is -0.465 e. The van der Waals surface area contributed by atoms with Gasteiger partial charge in [-0.1, -0.05) is 11.3 Å². The SMILES string of the molecule is CCOC(=O)C1=C(C)N=c2s/c(=C/c3cc(C)n(-c4ccc(C(=O)OC)cc4)c3C)c(=O)n2[C@H]1c1ccc(C)o1. The second kappa shape index (κ2) is 10.6. The van der Waals surface area contributed by atoms with Gasteiger partial charge in [0.05, 0.1) is 35.1 Å². The normalized spacial score (nSPS) is 15.2. The number of ether oxygens (including phenoxy) is 2. The molecule has 0 radical (unpaired) electrons. The number of esters is 2. The molecule has 1 atom stereocenters. The second-order valence-corrected chi connectivity index (χ2v) is 10.5. The first-order valence-corrected chi connectivity index (χ1v) is 13.6. The van der Waals surface area contributed by atoms with Crippen molar-refractivity contribution in [3.8, 4) is 5.69 Å². The first-order valence-electron chi connectivity index (χ1n) is 12.8. The van der Waals surface area contributed by atoms with E-state index in [9.17, 15) is 14.4 Å². The number of benzene rings is 1. The monoisotopic (exact) mass is 559 g/mol. The van der Waals surface area contributed by atoms with Crippen molar-refractivity contribution in [1.29, 1.82) is 0 Å². The zero-order valence-electron chi connectivity index (χ0n) is 23.1. The van der Waals surface area contributed by atoms with Gasteiger partial charge in [0.15, 0.2) is 4.80 Å². The summed E-state index contributed by atoms with van der Waals surface area (Å²) >= 11 is 1.26. The van der Waals surface area contributed by atoms with Crippen molar-refractivity contribution in [1.82, 2.24) is 9.13 Å². The molecule has 0 unspecified atom stereocenters. The molecule has 0 spiro atoms. The summed E-state index contributed by atoms with van der Waals surface area (Å²) in [6.07, 6.45) is 1.85. The van der Waals surface area contributed by atoms with E-state index in [4.69, 9.17) is 13.9 Å². The van der Waals surface area contributed by atoms with Crippen LogP contribution >= 0.6 is 11.3 Å². The number of aryl methyl sites for hydroxylation is 2. The molecule has 40 heavy (non-hydrogen) atoms. The molecule has 1 aliphatic heterocycles. The number of carbonyl (C=O) groups excluding carboxylic acids is 2. The molecule has 0 amide bonds. The van der Waals surface area contributed by atoms with E-state index in [-0.39, 0.29) is 17.7 Å². The number of nitrogens with zero attached hydrogens (tertiary/aromatic N) is 3. The van der Waals surface area contributed by atoms with Crippen molar-refractivity contribution in [2.45, 2.75) is 40.7 Å². The lowest BCUT2D eigenvalue weighted by atomic mass is 10.0. The fourth-order valence-corrected chi connectivity index (χ4v) is 6.04. The van der Waals surface area contributed by atoms with Gasteiger partial charge in [0, 0.05) is 17.1 Å². The van der Waals surface area contributed by atoms with Crippen molar-refractivity contribution in [3.05, 3.63) is 107 Å². The van der Waals surface area contributed by atoms with E-state index in [1.165, 1.54) is 23.0 Å². The molecule has 4 aromatic rings. The number of furan rings is 1. The van der Waals surface area contributed by atoms with E-state index >= 15 is 0 Å². The smallest absolute Gasteiger partial charge is 0.338 e. The summed E-state index contributed by atoms with van der Waals surface area (Å²) < 4.78 is 20.1. The van der Waals surface area contributed by atoms with Gasteiger partial charge in [-0.3, -0.25) is 9.36 Å². The van der Waals surface area contributed by atoms with Crippen LogP contribution in [0.15, 0.2) is 67.9 Å². The van der Waals surface area contributed by atoms with Crippen LogP contribution in [0.4, 0.5) is 0 Å². The highest BCUT2D eigenvalue weighted by Gasteiger charge is 2.35. The van der Waals surface area contributed by atoms with Crippen LogP contribution in [-0.2, 0) is 14.3 Å². The largest absolute Gasteiger partial charge is 0.465 e. The van der Waals surface area contributed by atoms with Gasteiger partial charge in [0.2, 0.25) is 0 Å². The van der Waals surface area contributed by atoms with Gasteiger partial charge in [0.1, 0.15) is 17.6 Å². The lowest BCUT2D eigenvalue weighted by Gasteiger charge is -2.22. The highest BCUT2D eigenvalue weighted by Crippen LogP contribution is 2.31. The van der Waals surface area contributed by atoms with Crippen LogP contribution in [0.5, 0.6) is 0 Å². The first kappa shape index (κ1) is 27.1. The van der Waals surface area contributed by atoms with Gasteiger partial charge in [-0.2, -0.15) is 0 Å². The van der Waals surface area contributed by atoms with Crippen LogP contribution in [0, 0.1) is 20.8 Å². The highest BCUT2D eigenvalue weighted by atomic mass is 32.1. The number of allylic oxidation sites excluding steroid dienone is 1. The second-order valence-electron chi connectivity index (χ2n) is 9.45. The molecule has 0 N–H and O–H groups in total. The van der Waals surface area contributed by atoms with Crippen LogP contribution < -0.4 is 14.9 Å². The minimum absolute atomic E-state index is 0.199. The van der Waals surface area contributed by atoms with E-state index in [0.717, 1.165) is 22.6 Å². The Hall–Kier alpha value is -4.44. The Labute approximate surface area is 234 Å². The third-order valence-electron chi connectivity index (χ3n) is 6.85. The molecule has 4 heterocycles. The maximum absolute atomic E-state index is 13.9. The van der Waals surface area contributed by atoms with E-state index in [1.54, 1.807) is 38.1 Å². The number of hydrogen-bond acceptors (Lipinski definition) is 8. The summed E-state index contributed by atoms with van der Waals surface area (Å²) in [6, 6.07) is 11.9. The summed E-state index contributed by atoms with van der Waals surface area (Å²) in [5, 5.41) is 0. The van der Waals surface area contributed by atoms with Crippen molar-refractivity contribution < 1.29 is 23.5 Å². The fourth-order valence-electron chi connectivity index (χ4n) is 5.00. The molecule has 0 bridgehead atoms. The molecule has 10 heteroatoms. The molecular weight excluding hydrogens is 530 g/mol. The lowest BCUT2D eigenvalue weighted by Crippen LogP contribution is -2.39. The van der Waals surface area contributed by atoms with Crippen LogP contribution in [0.3, 0.4) is 0 Å². The summed E-state index contributed by atoms with van der Waals surface area (Å²) in [6.45, 7) is 9.44. The number of hydrogen-bond donors (Lipinski definition) is 0. The van der Waals surface area contributed by atoms with Crippen molar-refractivity contribution in [2.75, 3.05) is 13.7 Å². The van der Waals surface area contributed by atoms with Gasteiger partial charge in [-0.25, -0.2) is 14.6 Å². The molecule has 5 rings (SSSR count). The molecule has 206 valence electrons. The molecule has 1 aliphatic rings. The average Bonchev–Trinajstić information content (AvgIpc) is 3.58. The summed E-state index contributed by atoms with van der Waals surface area (Å²) in [5.41, 5.74) is 4.60. The minimum atomic E-state index is -0.785. The average molecular weight is 560 g/mol. The fraction of sp³-hybridized carbons (Fsp3) is 0.267. The van der Waals surface area contributed by atoms with Crippen molar-refractivity contribution in [2.24, 2.45) is 4.99 Å². The maximum Gasteiger partial charge on any atom is 0.338 e. The van der Waals surface area contributed by atoms with Gasteiger partial charge in [0.25, 0.3) is 5.56 Å². The van der Waals surface area contributed by atoms with Gasteiger partial charge < -0.3 is 18.5 Å². The zero-order chi connectivity index (χ0) is 28.7. The molecule has 0 saturated carbocycles. The Morgan fingerprint density at radius 1 is 1.07 bits per heavy atom. The standard InChI is InChI=1S/C30H29N3O6S/c1-7-38-29(36)25-18(4)31-30-33(26(25)23-13-8-17(3)39-23)27(34)24(40-30)15-21-14-16(2)32(19(21)5)22-11-9-20(10-12-22)28(35)37-6/h8-15,26H,7H2,1-6H3/b24-15+/t26-/m0/s1. The summed E-state index contributed by atoms with van der Waals surface area (Å²) in [5.74, 6) is 0.213. The molecule has 9 nitrogen and oxygen atoms in total. The highest BCUT2D eigenvalue weighted by molar-refractivity contribution is 7.07. The van der Waals surface area contributed by atoms with Gasteiger partial charge in [-0.15, -0.1) is 0 Å². The summed E-state index contributed by atoms with van der Waals surface area (Å²) in [4.78, 5) is 43.8. The van der Waals surface area contributed by atoms with E-state index < -0.39 is 18.0 Å². The number of carbonyl (C=O) groups is 2. The van der Waals surface area contributed by atoms with Crippen LogP contribution in [-0.4, -0.2) is 34.8 Å². The Morgan fingerprint density at radius 3 is 2.42 bits per heavy atom. The van der Waals surface area contributed by atoms with Crippen LogP contribution in [0.1, 0.15) is 58.7 Å². The molecule has 0 aliphatic carbocycles. The predicted molar refractivity (Wildman–Crippen MR) is 150 cm³/mol. The summed E-state index contributed by atoms with van der Waals surface area (Å²) in [7, 11) is 1.35. The maximum atomic E-state index is 13.9. The molecule has 0 saturated heterocycles. The Kier molecular flexibility index (Phi) is 7.20. The number of aromatic nitrogens is 2. The number of thiazole rings is 1. The first-order chi connectivity index (χ1) is 19.1. The molecule has 3 aromatic heterocycles. The van der Waals surface area contributed by atoms with Crippen LogP contribution in [0.2, 0.25) is 0 Å². The van der Waals surface area contributed by atoms with E-state index in [2.05, 4.69) is 9.56 Å². The Balaban J connectivity index is 1.63. The Morgan fingerprint density at radius 2 is 1.80 bits per heavy atom. The number of methoxy groups -OCH3 is 1. The lowest BCUT2D eigenvalue weighted by molar-refractivity contribution is -0.139. The Bertz CT molecular complexity index is 1850. The third-order valence-corrected chi connectivity index (χ3v) is 7.83. The number of fused-ring (bicyclic) bond motifs is 1. The van der Waals surface area contributed by atoms with Crippen LogP contribution in [0.25, 0.3) is 11.8 Å². The van der Waals surface area contributed by atoms with Gasteiger partial charge >= 0.3 is 11.9 Å². The molecular formula is C30H29N3O6S. The van der Waals surface area contributed by atoms with Crippen molar-refractivity contribution >= 4 is 29.4 Å². The molecule has 0 fully saturated rings.